The van der Waals surface area contributed by atoms with Crippen LogP contribution in [-0.4, -0.2) is 33.4 Å². The predicted molar refractivity (Wildman–Crippen MR) is 81.4 cm³/mol. The van der Waals surface area contributed by atoms with E-state index in [1.807, 2.05) is 5.32 Å². The number of nitrogens with zero attached hydrogens (tertiary/aromatic N) is 2. The Bertz CT molecular complexity index is 789. The van der Waals surface area contributed by atoms with Crippen molar-refractivity contribution in [2.24, 2.45) is 7.05 Å². The van der Waals surface area contributed by atoms with Gasteiger partial charge in [0.25, 0.3) is 5.56 Å². The number of para-hydroxylation sites is 1. The highest BCUT2D eigenvalue weighted by molar-refractivity contribution is 8.00. The van der Waals surface area contributed by atoms with Gasteiger partial charge in [0.15, 0.2) is 5.16 Å². The summed E-state index contributed by atoms with van der Waals surface area (Å²) < 4.78 is 37.6. The standard InChI is InChI=1S/C14H14F3N3O2S/c1-8(11(21)18-7-14(15,16)17)23-13-19-10-6-4-3-5-9(10)12(22)20(13)2/h3-6,8H,7H2,1-2H3,(H,18,21). The summed E-state index contributed by atoms with van der Waals surface area (Å²) >= 11 is 0.930. The van der Waals surface area contributed by atoms with Gasteiger partial charge in [-0.05, 0) is 19.1 Å². The summed E-state index contributed by atoms with van der Waals surface area (Å²) in [5.41, 5.74) is 0.196. The molecule has 1 heterocycles. The van der Waals surface area contributed by atoms with E-state index in [1.54, 1.807) is 24.3 Å². The Kier molecular flexibility index (Phi) is 4.98. The number of fused-ring (bicyclic) bond motifs is 1. The minimum absolute atomic E-state index is 0.267. The van der Waals surface area contributed by atoms with E-state index in [-0.39, 0.29) is 10.7 Å². The second-order valence-electron chi connectivity index (χ2n) is 4.87. The van der Waals surface area contributed by atoms with Crippen LogP contribution in [0.2, 0.25) is 0 Å². The van der Waals surface area contributed by atoms with Crippen molar-refractivity contribution in [1.82, 2.24) is 14.9 Å². The van der Waals surface area contributed by atoms with Crippen LogP contribution in [0.5, 0.6) is 0 Å². The zero-order valence-corrected chi connectivity index (χ0v) is 13.2. The first-order chi connectivity index (χ1) is 10.7. The zero-order chi connectivity index (χ0) is 17.2. The van der Waals surface area contributed by atoms with E-state index in [4.69, 9.17) is 0 Å². The molecular formula is C14H14F3N3O2S. The zero-order valence-electron chi connectivity index (χ0n) is 12.3. The van der Waals surface area contributed by atoms with Crippen LogP contribution in [0.25, 0.3) is 10.9 Å². The molecule has 0 aliphatic rings. The van der Waals surface area contributed by atoms with Gasteiger partial charge in [0, 0.05) is 7.05 Å². The second kappa shape index (κ2) is 6.61. The average molecular weight is 345 g/mol. The molecule has 124 valence electrons. The Balaban J connectivity index is 2.20. The van der Waals surface area contributed by atoms with Crippen molar-refractivity contribution in [2.75, 3.05) is 6.54 Å². The fourth-order valence-electron chi connectivity index (χ4n) is 1.85. The van der Waals surface area contributed by atoms with E-state index in [0.29, 0.717) is 10.9 Å². The Morgan fingerprint density at radius 2 is 2.04 bits per heavy atom. The van der Waals surface area contributed by atoms with Crippen molar-refractivity contribution in [3.63, 3.8) is 0 Å². The molecule has 2 aromatic rings. The van der Waals surface area contributed by atoms with Crippen LogP contribution >= 0.6 is 11.8 Å². The number of amides is 1. The molecule has 1 aromatic heterocycles. The molecule has 1 atom stereocenters. The molecule has 0 aliphatic heterocycles. The number of carbonyl (C=O) groups excluding carboxylic acids is 1. The second-order valence-corrected chi connectivity index (χ2v) is 6.18. The van der Waals surface area contributed by atoms with Gasteiger partial charge >= 0.3 is 6.18 Å². The smallest absolute Gasteiger partial charge is 0.346 e. The molecule has 9 heteroatoms. The maximum atomic E-state index is 12.2. The molecule has 0 radical (unpaired) electrons. The molecule has 0 aliphatic carbocycles. The van der Waals surface area contributed by atoms with Gasteiger partial charge in [0.1, 0.15) is 6.54 Å². The number of hydrogen-bond acceptors (Lipinski definition) is 4. The molecule has 0 saturated carbocycles. The Hall–Kier alpha value is -2.03. The monoisotopic (exact) mass is 345 g/mol. The van der Waals surface area contributed by atoms with E-state index < -0.39 is 23.9 Å². The van der Waals surface area contributed by atoms with Gasteiger partial charge in [-0.2, -0.15) is 13.2 Å². The van der Waals surface area contributed by atoms with Crippen LogP contribution in [0, 0.1) is 0 Å². The van der Waals surface area contributed by atoms with Crippen molar-refractivity contribution in [1.29, 1.82) is 0 Å². The molecule has 1 amide bonds. The maximum Gasteiger partial charge on any atom is 0.405 e. The van der Waals surface area contributed by atoms with Crippen molar-refractivity contribution in [3.05, 3.63) is 34.6 Å². The van der Waals surface area contributed by atoms with Crippen LogP contribution in [0.4, 0.5) is 13.2 Å². The number of hydrogen-bond donors (Lipinski definition) is 1. The quantitative estimate of drug-likeness (QED) is 0.681. The van der Waals surface area contributed by atoms with E-state index in [1.165, 1.54) is 18.5 Å². The summed E-state index contributed by atoms with van der Waals surface area (Å²) in [6, 6.07) is 6.74. The van der Waals surface area contributed by atoms with Crippen LogP contribution in [-0.2, 0) is 11.8 Å². The van der Waals surface area contributed by atoms with Gasteiger partial charge in [-0.15, -0.1) is 0 Å². The highest BCUT2D eigenvalue weighted by atomic mass is 32.2. The number of nitrogens with one attached hydrogen (secondary N) is 1. The largest absolute Gasteiger partial charge is 0.405 e. The minimum Gasteiger partial charge on any atom is -0.346 e. The van der Waals surface area contributed by atoms with Crippen molar-refractivity contribution in [2.45, 2.75) is 23.5 Å². The molecule has 0 bridgehead atoms. The third-order valence-corrected chi connectivity index (χ3v) is 4.20. The van der Waals surface area contributed by atoms with Crippen molar-refractivity contribution in [3.8, 4) is 0 Å². The number of thioether (sulfide) groups is 1. The molecule has 2 rings (SSSR count). The van der Waals surface area contributed by atoms with Gasteiger partial charge in [-0.3, -0.25) is 14.2 Å². The topological polar surface area (TPSA) is 64.0 Å². The van der Waals surface area contributed by atoms with Gasteiger partial charge in [-0.25, -0.2) is 4.98 Å². The third-order valence-electron chi connectivity index (χ3n) is 3.06. The molecule has 1 N–H and O–H groups in total. The van der Waals surface area contributed by atoms with E-state index >= 15 is 0 Å². The highest BCUT2D eigenvalue weighted by Gasteiger charge is 2.29. The first-order valence-electron chi connectivity index (χ1n) is 6.66. The van der Waals surface area contributed by atoms with E-state index in [2.05, 4.69) is 4.98 Å². The number of alkyl halides is 3. The van der Waals surface area contributed by atoms with E-state index in [9.17, 15) is 22.8 Å². The van der Waals surface area contributed by atoms with Crippen molar-refractivity contribution < 1.29 is 18.0 Å². The summed E-state index contributed by atoms with van der Waals surface area (Å²) in [5, 5.41) is 1.70. The fourth-order valence-corrected chi connectivity index (χ4v) is 2.74. The van der Waals surface area contributed by atoms with Gasteiger partial charge in [0.2, 0.25) is 5.91 Å². The lowest BCUT2D eigenvalue weighted by Crippen LogP contribution is -2.38. The lowest BCUT2D eigenvalue weighted by Gasteiger charge is -2.14. The third kappa shape index (κ3) is 4.25. The SMILES string of the molecule is CC(Sc1nc2ccccc2c(=O)n1C)C(=O)NCC(F)(F)F. The molecule has 1 aromatic carbocycles. The lowest BCUT2D eigenvalue weighted by atomic mass is 10.2. The normalized spacial score (nSPS) is 13.1. The van der Waals surface area contributed by atoms with E-state index in [0.717, 1.165) is 11.8 Å². The van der Waals surface area contributed by atoms with Crippen molar-refractivity contribution >= 4 is 28.6 Å². The number of aromatic nitrogens is 2. The number of rotatable bonds is 4. The average Bonchev–Trinajstić information content (AvgIpc) is 2.49. The summed E-state index contributed by atoms with van der Waals surface area (Å²) in [4.78, 5) is 28.2. The summed E-state index contributed by atoms with van der Waals surface area (Å²) in [7, 11) is 1.50. The Morgan fingerprint density at radius 3 is 2.70 bits per heavy atom. The molecule has 0 fully saturated rings. The van der Waals surface area contributed by atoms with Gasteiger partial charge in [-0.1, -0.05) is 23.9 Å². The molecule has 5 nitrogen and oxygen atoms in total. The lowest BCUT2D eigenvalue weighted by molar-refractivity contribution is -0.137. The molecular weight excluding hydrogens is 331 g/mol. The molecule has 1 unspecified atom stereocenters. The summed E-state index contributed by atoms with van der Waals surface area (Å²) in [5.74, 6) is -0.769. The van der Waals surface area contributed by atoms with Gasteiger partial charge < -0.3 is 5.32 Å². The molecule has 0 saturated heterocycles. The molecule has 23 heavy (non-hydrogen) atoms. The molecule has 0 spiro atoms. The van der Waals surface area contributed by atoms with Crippen LogP contribution in [0.15, 0.2) is 34.2 Å². The fraction of sp³-hybridized carbons (Fsp3) is 0.357. The Labute approximate surface area is 133 Å². The van der Waals surface area contributed by atoms with Crippen LogP contribution in [0.3, 0.4) is 0 Å². The summed E-state index contributed by atoms with van der Waals surface area (Å²) in [6.07, 6.45) is -4.46. The Morgan fingerprint density at radius 1 is 1.39 bits per heavy atom. The maximum absolute atomic E-state index is 12.2. The number of benzene rings is 1. The first-order valence-corrected chi connectivity index (χ1v) is 7.54. The summed E-state index contributed by atoms with van der Waals surface area (Å²) in [6.45, 7) is 0.0680. The van der Waals surface area contributed by atoms with Crippen LogP contribution < -0.4 is 10.9 Å². The predicted octanol–water partition coefficient (Wildman–Crippen LogP) is 2.09. The van der Waals surface area contributed by atoms with Gasteiger partial charge in [0.05, 0.1) is 16.2 Å². The van der Waals surface area contributed by atoms with Crippen LogP contribution in [0.1, 0.15) is 6.92 Å². The number of halogens is 3. The number of carbonyl (C=O) groups is 1. The highest BCUT2D eigenvalue weighted by Crippen LogP contribution is 2.22. The first kappa shape index (κ1) is 17.3. The minimum atomic E-state index is -4.46.